The summed E-state index contributed by atoms with van der Waals surface area (Å²) in [6, 6.07) is 7.96. The molecule has 0 spiro atoms. The average Bonchev–Trinajstić information content (AvgIpc) is 3.09. The number of esters is 1. The monoisotopic (exact) mass is 372 g/mol. The summed E-state index contributed by atoms with van der Waals surface area (Å²) < 4.78 is 5.11. The van der Waals surface area contributed by atoms with Gasteiger partial charge in [0.25, 0.3) is 0 Å². The zero-order valence-electron chi connectivity index (χ0n) is 16.1. The molecular weight excluding hydrogens is 344 g/mol. The van der Waals surface area contributed by atoms with Gasteiger partial charge in [0.1, 0.15) is 5.78 Å². The predicted molar refractivity (Wildman–Crippen MR) is 103 cm³/mol. The van der Waals surface area contributed by atoms with Crippen LogP contribution in [0.2, 0.25) is 0 Å². The minimum Gasteiger partial charge on any atom is -0.466 e. The van der Waals surface area contributed by atoms with Crippen LogP contribution < -0.4 is 4.90 Å². The van der Waals surface area contributed by atoms with E-state index in [0.29, 0.717) is 32.5 Å². The molecular formula is C21H28N2O4. The molecule has 1 saturated heterocycles. The minimum absolute atomic E-state index is 0.111. The Morgan fingerprint density at radius 1 is 1.11 bits per heavy atom. The molecule has 0 aromatic heterocycles. The zero-order valence-corrected chi connectivity index (χ0v) is 16.1. The fraction of sp³-hybridized carbons (Fsp3) is 0.571. The van der Waals surface area contributed by atoms with Gasteiger partial charge in [-0.05, 0) is 25.0 Å². The number of hydrogen-bond acceptors (Lipinski definition) is 5. The van der Waals surface area contributed by atoms with Crippen LogP contribution in [0.1, 0.15) is 44.6 Å². The number of ether oxygens (including phenoxy) is 1. The lowest BCUT2D eigenvalue weighted by molar-refractivity contribution is -0.148. The Kier molecular flexibility index (Phi) is 6.14. The van der Waals surface area contributed by atoms with Crippen LogP contribution in [-0.2, 0) is 19.1 Å². The van der Waals surface area contributed by atoms with E-state index in [-0.39, 0.29) is 35.9 Å². The number of para-hydroxylation sites is 1. The zero-order chi connectivity index (χ0) is 19.4. The van der Waals surface area contributed by atoms with Crippen LogP contribution in [0.15, 0.2) is 24.3 Å². The number of rotatable bonds is 5. The van der Waals surface area contributed by atoms with E-state index in [0.717, 1.165) is 24.3 Å². The van der Waals surface area contributed by atoms with E-state index in [9.17, 15) is 14.4 Å². The van der Waals surface area contributed by atoms with Gasteiger partial charge in [-0.1, -0.05) is 25.1 Å². The summed E-state index contributed by atoms with van der Waals surface area (Å²) in [5.74, 6) is -0.565. The number of carbonyl (C=O) groups excluding carboxylic acids is 3. The number of benzene rings is 1. The Morgan fingerprint density at radius 3 is 2.48 bits per heavy atom. The van der Waals surface area contributed by atoms with Gasteiger partial charge >= 0.3 is 5.97 Å². The number of ketones is 1. The van der Waals surface area contributed by atoms with Crippen molar-refractivity contribution in [3.8, 4) is 0 Å². The lowest BCUT2D eigenvalue weighted by Crippen LogP contribution is -2.49. The second-order valence-electron chi connectivity index (χ2n) is 7.19. The molecule has 3 rings (SSSR count). The van der Waals surface area contributed by atoms with Crippen molar-refractivity contribution in [2.75, 3.05) is 37.7 Å². The van der Waals surface area contributed by atoms with Crippen molar-refractivity contribution in [1.29, 1.82) is 0 Å². The number of Topliss-reactive ketones (excluding diaryl/α,β-unsaturated/α-hetero) is 1. The molecule has 1 amide bonds. The number of amides is 1. The first kappa shape index (κ1) is 19.4. The third-order valence-electron chi connectivity index (χ3n) is 5.56. The van der Waals surface area contributed by atoms with Gasteiger partial charge in [-0.2, -0.15) is 0 Å². The second-order valence-corrected chi connectivity index (χ2v) is 7.19. The third kappa shape index (κ3) is 4.15. The van der Waals surface area contributed by atoms with Crippen molar-refractivity contribution in [2.24, 2.45) is 5.92 Å². The van der Waals surface area contributed by atoms with Gasteiger partial charge < -0.3 is 14.5 Å². The molecule has 2 aliphatic rings. The molecule has 1 aromatic rings. The molecule has 1 saturated carbocycles. The van der Waals surface area contributed by atoms with Crippen LogP contribution in [0.3, 0.4) is 0 Å². The van der Waals surface area contributed by atoms with Gasteiger partial charge in [-0.25, -0.2) is 0 Å². The molecule has 2 fully saturated rings. The molecule has 6 heteroatoms. The summed E-state index contributed by atoms with van der Waals surface area (Å²) in [6.07, 6.45) is 1.31. The van der Waals surface area contributed by atoms with Crippen LogP contribution >= 0.6 is 0 Å². The maximum absolute atomic E-state index is 12.6. The average molecular weight is 372 g/mol. The molecule has 27 heavy (non-hydrogen) atoms. The van der Waals surface area contributed by atoms with Gasteiger partial charge in [-0.15, -0.1) is 0 Å². The highest BCUT2D eigenvalue weighted by molar-refractivity contribution is 5.94. The molecule has 0 unspecified atom stereocenters. The number of anilines is 1. The molecule has 1 aliphatic heterocycles. The van der Waals surface area contributed by atoms with Crippen molar-refractivity contribution < 1.29 is 19.1 Å². The third-order valence-corrected chi connectivity index (χ3v) is 5.56. The molecule has 2 atom stereocenters. The lowest BCUT2D eigenvalue weighted by Gasteiger charge is -2.37. The van der Waals surface area contributed by atoms with Crippen molar-refractivity contribution >= 4 is 23.3 Å². The molecule has 0 N–H and O–H groups in total. The highest BCUT2D eigenvalue weighted by Crippen LogP contribution is 2.40. The molecule has 1 heterocycles. The quantitative estimate of drug-likeness (QED) is 0.743. The number of piperazine rings is 1. The number of hydrogen-bond donors (Lipinski definition) is 0. The fourth-order valence-electron chi connectivity index (χ4n) is 4.12. The highest BCUT2D eigenvalue weighted by Gasteiger charge is 2.39. The van der Waals surface area contributed by atoms with Crippen molar-refractivity contribution in [3.05, 3.63) is 29.8 Å². The topological polar surface area (TPSA) is 66.9 Å². The van der Waals surface area contributed by atoms with Crippen LogP contribution in [0.25, 0.3) is 0 Å². The highest BCUT2D eigenvalue weighted by atomic mass is 16.5. The Hall–Kier alpha value is -2.37. The fourth-order valence-corrected chi connectivity index (χ4v) is 4.12. The van der Waals surface area contributed by atoms with Gasteiger partial charge in [0.15, 0.2) is 0 Å². The van der Waals surface area contributed by atoms with E-state index in [1.807, 2.05) is 36.1 Å². The van der Waals surface area contributed by atoms with Crippen LogP contribution in [0.4, 0.5) is 5.69 Å². The van der Waals surface area contributed by atoms with Gasteiger partial charge in [-0.3, -0.25) is 14.4 Å². The smallest absolute Gasteiger partial charge is 0.309 e. The molecule has 146 valence electrons. The first-order valence-electron chi connectivity index (χ1n) is 9.86. The lowest BCUT2D eigenvalue weighted by atomic mass is 9.93. The summed E-state index contributed by atoms with van der Waals surface area (Å²) in [5, 5.41) is 0. The summed E-state index contributed by atoms with van der Waals surface area (Å²) >= 11 is 0. The summed E-state index contributed by atoms with van der Waals surface area (Å²) in [4.78, 5) is 40.7. The molecule has 1 aliphatic carbocycles. The largest absolute Gasteiger partial charge is 0.466 e. The van der Waals surface area contributed by atoms with E-state index in [1.54, 1.807) is 6.92 Å². The summed E-state index contributed by atoms with van der Waals surface area (Å²) in [5.41, 5.74) is 2.04. The molecule has 0 radical (unpaired) electrons. The van der Waals surface area contributed by atoms with Gasteiger partial charge in [0.05, 0.1) is 12.5 Å². The van der Waals surface area contributed by atoms with Crippen LogP contribution in [-0.4, -0.2) is 55.3 Å². The molecule has 1 aromatic carbocycles. The van der Waals surface area contributed by atoms with Crippen LogP contribution in [0.5, 0.6) is 0 Å². The minimum atomic E-state index is -0.338. The first-order valence-corrected chi connectivity index (χ1v) is 9.86. The van der Waals surface area contributed by atoms with Gasteiger partial charge in [0, 0.05) is 50.6 Å². The second kappa shape index (κ2) is 8.55. The Morgan fingerprint density at radius 2 is 1.81 bits per heavy atom. The Balaban J connectivity index is 1.74. The van der Waals surface area contributed by atoms with E-state index >= 15 is 0 Å². The summed E-state index contributed by atoms with van der Waals surface area (Å²) in [6.45, 7) is 6.91. The van der Waals surface area contributed by atoms with E-state index < -0.39 is 0 Å². The Bertz CT molecular complexity index is 710. The van der Waals surface area contributed by atoms with E-state index in [4.69, 9.17) is 4.74 Å². The van der Waals surface area contributed by atoms with E-state index in [2.05, 4.69) is 4.90 Å². The maximum Gasteiger partial charge on any atom is 0.309 e. The standard InChI is InChI=1S/C21H28N2O4/c1-3-20(25)23-11-9-22(10-12-23)18-8-6-5-7-16(18)17-13-15(14-19(17)24)21(26)27-4-2/h5-8,15,17H,3-4,9-14H2,1-2H3/t15-,17+/m0/s1. The first-order chi connectivity index (χ1) is 13.0. The molecule has 6 nitrogen and oxygen atoms in total. The number of nitrogens with zero attached hydrogens (tertiary/aromatic N) is 2. The van der Waals surface area contributed by atoms with E-state index in [1.165, 1.54) is 0 Å². The predicted octanol–water partition coefficient (Wildman–Crippen LogP) is 2.37. The Labute approximate surface area is 160 Å². The van der Waals surface area contributed by atoms with Crippen LogP contribution in [0, 0.1) is 5.92 Å². The maximum atomic E-state index is 12.6. The molecule has 0 bridgehead atoms. The van der Waals surface area contributed by atoms with Crippen molar-refractivity contribution in [1.82, 2.24) is 4.90 Å². The van der Waals surface area contributed by atoms with Crippen molar-refractivity contribution in [2.45, 2.75) is 39.0 Å². The SMILES string of the molecule is CCOC(=O)[C@@H]1CC(=O)[C@@H](c2ccccc2N2CCN(C(=O)CC)CC2)C1. The normalized spacial score (nSPS) is 22.8. The van der Waals surface area contributed by atoms with Gasteiger partial charge in [0.2, 0.25) is 5.91 Å². The summed E-state index contributed by atoms with van der Waals surface area (Å²) in [7, 11) is 0. The number of carbonyl (C=O) groups is 3. The van der Waals surface area contributed by atoms with Crippen molar-refractivity contribution in [3.63, 3.8) is 0 Å².